The van der Waals surface area contributed by atoms with Gasteiger partial charge in [0.15, 0.2) is 0 Å². The average Bonchev–Trinajstić information content (AvgIpc) is 2.61. The molecule has 5 heteroatoms. The van der Waals surface area contributed by atoms with E-state index < -0.39 is 12.1 Å². The van der Waals surface area contributed by atoms with Crippen molar-refractivity contribution in [3.8, 4) is 0 Å². The van der Waals surface area contributed by atoms with E-state index in [4.69, 9.17) is 5.73 Å². The number of nitrogens with two attached hydrogens (primary N) is 1. The van der Waals surface area contributed by atoms with E-state index in [9.17, 15) is 9.59 Å². The largest absolute Gasteiger partial charge is 0.343 e. The summed E-state index contributed by atoms with van der Waals surface area (Å²) in [4.78, 5) is 26.1. The molecule has 112 valence electrons. The van der Waals surface area contributed by atoms with Gasteiger partial charge in [0, 0.05) is 13.6 Å². The number of hydrogen-bond donors (Lipinski definition) is 2. The molecule has 0 saturated carbocycles. The summed E-state index contributed by atoms with van der Waals surface area (Å²) in [5.41, 5.74) is 7.37. The van der Waals surface area contributed by atoms with Crippen LogP contribution >= 0.6 is 0 Å². The Balaban J connectivity index is 2.36. The lowest BCUT2D eigenvalue weighted by Gasteiger charge is -2.24. The van der Waals surface area contributed by atoms with Crippen molar-refractivity contribution in [2.24, 2.45) is 5.73 Å². The number of benzene rings is 1. The highest BCUT2D eigenvalue weighted by molar-refractivity contribution is 6.00. The average molecular weight is 287 g/mol. The summed E-state index contributed by atoms with van der Waals surface area (Å²) < 4.78 is 0. The van der Waals surface area contributed by atoms with Crippen LogP contribution < -0.4 is 11.1 Å². The predicted molar refractivity (Wildman–Crippen MR) is 82.3 cm³/mol. The lowest BCUT2D eigenvalue weighted by Crippen LogP contribution is -2.51. The van der Waals surface area contributed by atoms with E-state index in [0.717, 1.165) is 17.6 Å². The summed E-state index contributed by atoms with van der Waals surface area (Å²) in [6.07, 6.45) is 2.78. The molecule has 3 N–H and O–H groups in total. The van der Waals surface area contributed by atoms with Crippen molar-refractivity contribution in [2.75, 3.05) is 13.6 Å². The van der Waals surface area contributed by atoms with E-state index in [2.05, 4.69) is 5.32 Å². The minimum absolute atomic E-state index is 0.114. The first-order chi connectivity index (χ1) is 10.0. The number of nitrogens with zero attached hydrogens (tertiary/aromatic N) is 1. The summed E-state index contributed by atoms with van der Waals surface area (Å²) >= 11 is 0. The van der Waals surface area contributed by atoms with Gasteiger partial charge < -0.3 is 16.0 Å². The Morgan fingerprint density at radius 1 is 1.38 bits per heavy atom. The van der Waals surface area contributed by atoms with Gasteiger partial charge in [-0.1, -0.05) is 36.4 Å². The molecule has 0 aromatic heterocycles. The Kier molecular flexibility index (Phi) is 4.75. The van der Waals surface area contributed by atoms with E-state index in [1.807, 2.05) is 36.4 Å². The highest BCUT2D eigenvalue weighted by atomic mass is 16.2. The number of hydrogen-bond acceptors (Lipinski definition) is 3. The van der Waals surface area contributed by atoms with Crippen LogP contribution in [0.15, 0.2) is 36.4 Å². The van der Waals surface area contributed by atoms with Crippen LogP contribution in [-0.4, -0.2) is 42.4 Å². The number of carbonyl (C=O) groups is 2. The van der Waals surface area contributed by atoms with Gasteiger partial charge in [-0.15, -0.1) is 0 Å². The molecular weight excluding hydrogens is 266 g/mol. The molecule has 21 heavy (non-hydrogen) atoms. The van der Waals surface area contributed by atoms with E-state index >= 15 is 0 Å². The van der Waals surface area contributed by atoms with Crippen molar-refractivity contribution in [3.05, 3.63) is 42.0 Å². The van der Waals surface area contributed by atoms with Crippen molar-refractivity contribution < 1.29 is 9.59 Å². The molecule has 1 aliphatic heterocycles. The monoisotopic (exact) mass is 287 g/mol. The van der Waals surface area contributed by atoms with Crippen LogP contribution in [0.2, 0.25) is 0 Å². The first-order valence-electron chi connectivity index (χ1n) is 7.07. The topological polar surface area (TPSA) is 75.4 Å². The molecule has 0 bridgehead atoms. The van der Waals surface area contributed by atoms with Gasteiger partial charge in [-0.05, 0) is 24.5 Å². The fraction of sp³-hybridized carbons (Fsp3) is 0.375. The number of likely N-dealkylation sites (N-methyl/N-ethyl adjacent to an activating group) is 1. The Morgan fingerprint density at radius 2 is 2.05 bits per heavy atom. The van der Waals surface area contributed by atoms with E-state index in [-0.39, 0.29) is 11.8 Å². The maximum Gasteiger partial charge on any atom is 0.249 e. The Hall–Kier alpha value is -2.14. The van der Waals surface area contributed by atoms with Crippen LogP contribution in [0, 0.1) is 0 Å². The van der Waals surface area contributed by atoms with E-state index in [0.29, 0.717) is 6.54 Å². The molecule has 0 radical (unpaired) electrons. The zero-order valence-corrected chi connectivity index (χ0v) is 12.4. The molecule has 1 aromatic carbocycles. The molecular formula is C16H21N3O2. The Labute approximate surface area is 124 Å². The minimum Gasteiger partial charge on any atom is -0.343 e. The van der Waals surface area contributed by atoms with Gasteiger partial charge >= 0.3 is 0 Å². The third-order valence-electron chi connectivity index (χ3n) is 3.57. The van der Waals surface area contributed by atoms with Crippen LogP contribution in [0.5, 0.6) is 0 Å². The normalized spacial score (nSPS) is 20.5. The third kappa shape index (κ3) is 3.49. The van der Waals surface area contributed by atoms with Crippen LogP contribution in [0.1, 0.15) is 18.9 Å². The fourth-order valence-corrected chi connectivity index (χ4v) is 2.32. The minimum atomic E-state index is -0.682. The van der Waals surface area contributed by atoms with Crippen molar-refractivity contribution in [2.45, 2.75) is 25.4 Å². The summed E-state index contributed by atoms with van der Waals surface area (Å²) in [5, 5.41) is 2.76. The second-order valence-corrected chi connectivity index (χ2v) is 5.30. The van der Waals surface area contributed by atoms with Gasteiger partial charge in [-0.2, -0.15) is 0 Å². The summed E-state index contributed by atoms with van der Waals surface area (Å²) in [6.45, 7) is 2.24. The lowest BCUT2D eigenvalue weighted by atomic mass is 9.97. The van der Waals surface area contributed by atoms with Gasteiger partial charge in [-0.25, -0.2) is 0 Å². The number of carbonyl (C=O) groups excluding carboxylic acids is 2. The summed E-state index contributed by atoms with van der Waals surface area (Å²) in [7, 11) is 1.75. The summed E-state index contributed by atoms with van der Waals surface area (Å²) in [5.74, 6) is -0.443. The van der Waals surface area contributed by atoms with E-state index in [1.165, 1.54) is 0 Å². The van der Waals surface area contributed by atoms with Gasteiger partial charge in [0.25, 0.3) is 0 Å². The molecule has 1 aromatic rings. The van der Waals surface area contributed by atoms with Crippen molar-refractivity contribution in [1.82, 2.24) is 10.2 Å². The third-order valence-corrected chi connectivity index (χ3v) is 3.57. The van der Waals surface area contributed by atoms with Gasteiger partial charge in [0.2, 0.25) is 11.8 Å². The lowest BCUT2D eigenvalue weighted by molar-refractivity contribution is -0.133. The molecule has 0 spiro atoms. The predicted octanol–water partition coefficient (Wildman–Crippen LogP) is 0.764. The smallest absolute Gasteiger partial charge is 0.249 e. The maximum absolute atomic E-state index is 12.5. The van der Waals surface area contributed by atoms with E-state index in [1.54, 1.807) is 18.9 Å². The molecule has 0 fully saturated rings. The van der Waals surface area contributed by atoms with Crippen LogP contribution in [0.3, 0.4) is 0 Å². The molecule has 2 atom stereocenters. The first kappa shape index (κ1) is 15.3. The van der Waals surface area contributed by atoms with Crippen molar-refractivity contribution in [1.29, 1.82) is 0 Å². The molecule has 2 amide bonds. The zero-order chi connectivity index (χ0) is 15.4. The molecule has 1 heterocycles. The molecule has 1 aliphatic rings. The molecule has 2 rings (SSSR count). The molecule has 5 nitrogen and oxygen atoms in total. The van der Waals surface area contributed by atoms with Gasteiger partial charge in [-0.3, -0.25) is 9.59 Å². The number of amides is 2. The highest BCUT2D eigenvalue weighted by Crippen LogP contribution is 2.23. The van der Waals surface area contributed by atoms with Crippen molar-refractivity contribution >= 4 is 17.4 Å². The number of nitrogens with one attached hydrogen (secondary N) is 1. The van der Waals surface area contributed by atoms with Gasteiger partial charge in [0.1, 0.15) is 6.04 Å². The van der Waals surface area contributed by atoms with Crippen molar-refractivity contribution in [3.63, 3.8) is 0 Å². The highest BCUT2D eigenvalue weighted by Gasteiger charge is 2.30. The molecule has 0 unspecified atom stereocenters. The van der Waals surface area contributed by atoms with Gasteiger partial charge in [0.05, 0.1) is 6.04 Å². The molecule has 0 aliphatic carbocycles. The molecule has 0 saturated heterocycles. The van der Waals surface area contributed by atoms with Crippen LogP contribution in [0.4, 0.5) is 0 Å². The zero-order valence-electron chi connectivity index (χ0n) is 12.4. The number of rotatable bonds is 3. The second-order valence-electron chi connectivity index (χ2n) is 5.30. The standard InChI is InChI=1S/C16H21N3O2/c1-11(17)15(20)18-14-13(12-7-4-3-5-8-12)9-6-10-19(2)16(14)21/h3-5,7-9,11,14H,6,10,17H2,1-2H3,(H,18,20)/t11-,14-/m0/s1. The summed E-state index contributed by atoms with van der Waals surface area (Å²) in [6, 6.07) is 8.30. The first-order valence-corrected chi connectivity index (χ1v) is 7.07. The fourth-order valence-electron chi connectivity index (χ4n) is 2.32. The van der Waals surface area contributed by atoms with Crippen LogP contribution in [0.25, 0.3) is 5.57 Å². The Bertz CT molecular complexity index is 552. The SMILES string of the molecule is C[C@H](N)C(=O)N[C@@H]1C(=O)N(C)CCC=C1c1ccccc1. The van der Waals surface area contributed by atoms with Crippen LogP contribution in [-0.2, 0) is 9.59 Å². The Morgan fingerprint density at radius 3 is 2.67 bits per heavy atom. The second kappa shape index (κ2) is 6.54. The maximum atomic E-state index is 12.5. The quantitative estimate of drug-likeness (QED) is 0.862.